The lowest BCUT2D eigenvalue weighted by atomic mass is 10.2. The van der Waals surface area contributed by atoms with Gasteiger partial charge in [-0.15, -0.1) is 0 Å². The predicted octanol–water partition coefficient (Wildman–Crippen LogP) is 4.02. The van der Waals surface area contributed by atoms with E-state index in [-0.39, 0.29) is 10.6 Å². The first-order valence-corrected chi connectivity index (χ1v) is 15.3. The fourth-order valence-electron chi connectivity index (χ4n) is 4.39. The van der Waals surface area contributed by atoms with Crippen LogP contribution in [-0.4, -0.2) is 49.7 Å². The molecule has 4 aromatic rings. The van der Waals surface area contributed by atoms with Crippen molar-refractivity contribution in [1.29, 1.82) is 0 Å². The number of benzene rings is 3. The van der Waals surface area contributed by atoms with Crippen LogP contribution in [0.1, 0.15) is 31.5 Å². The lowest BCUT2D eigenvalue weighted by molar-refractivity contribution is -0.119. The van der Waals surface area contributed by atoms with Crippen molar-refractivity contribution in [1.82, 2.24) is 14.8 Å². The van der Waals surface area contributed by atoms with Crippen LogP contribution in [0.15, 0.2) is 93.7 Å². The molecule has 4 rings (SSSR count). The van der Waals surface area contributed by atoms with Crippen LogP contribution in [0.2, 0.25) is 0 Å². The minimum absolute atomic E-state index is 0.0611. The Hall–Kier alpha value is -4.84. The number of carbonyl (C=O) groups excluding carboxylic acids is 1. The first kappa shape index (κ1) is 31.1. The summed E-state index contributed by atoms with van der Waals surface area (Å²) in [5.41, 5.74) is 3.20. The molecule has 0 radical (unpaired) electrons. The number of hydrogen-bond donors (Lipinski definition) is 1. The third-order valence-corrected chi connectivity index (χ3v) is 8.28. The molecule has 0 aliphatic rings. The minimum Gasteiger partial charge on any atom is -0.490 e. The number of sulfonamides is 1. The van der Waals surface area contributed by atoms with E-state index in [1.807, 2.05) is 19.9 Å². The molecule has 0 unspecified atom stereocenters. The Morgan fingerprint density at radius 2 is 1.65 bits per heavy atom. The molecule has 0 aliphatic heterocycles. The van der Waals surface area contributed by atoms with E-state index >= 15 is 0 Å². The summed E-state index contributed by atoms with van der Waals surface area (Å²) in [7, 11) is -2.67. The molecule has 1 amide bonds. The fourth-order valence-corrected chi connectivity index (χ4v) is 5.89. The minimum atomic E-state index is -4.32. The van der Waals surface area contributed by atoms with Gasteiger partial charge < -0.3 is 9.47 Å². The lowest BCUT2D eigenvalue weighted by Crippen LogP contribution is -2.42. The molecule has 3 aromatic carbocycles. The number of nitrogens with zero attached hydrogens (tertiary/aromatic N) is 4. The fraction of sp³-hybridized carbons (Fsp3) is 0.258. The molecule has 1 N–H and O–H groups in total. The Morgan fingerprint density at radius 3 is 2.30 bits per heavy atom. The number of anilines is 1. The highest BCUT2D eigenvalue weighted by atomic mass is 32.2. The van der Waals surface area contributed by atoms with Gasteiger partial charge in [0.15, 0.2) is 11.5 Å². The molecule has 0 saturated heterocycles. The third kappa shape index (κ3) is 6.97. The number of ether oxygens (including phenoxy) is 2. The highest BCUT2D eigenvalue weighted by Crippen LogP contribution is 2.28. The number of para-hydroxylation sites is 1. The van der Waals surface area contributed by atoms with E-state index in [2.05, 4.69) is 10.5 Å². The Morgan fingerprint density at radius 1 is 0.977 bits per heavy atom. The summed E-state index contributed by atoms with van der Waals surface area (Å²) in [6.07, 6.45) is 2.26. The van der Waals surface area contributed by atoms with Crippen molar-refractivity contribution in [3.8, 4) is 17.2 Å². The second-order valence-corrected chi connectivity index (χ2v) is 11.4. The molecule has 1 heterocycles. The van der Waals surface area contributed by atoms with Crippen molar-refractivity contribution in [2.24, 2.45) is 12.1 Å². The molecule has 0 atom stereocenters. The van der Waals surface area contributed by atoms with Crippen LogP contribution in [0, 0.1) is 6.92 Å². The molecule has 226 valence electrons. The van der Waals surface area contributed by atoms with Crippen LogP contribution in [-0.2, 0) is 21.9 Å². The van der Waals surface area contributed by atoms with Crippen LogP contribution < -0.4 is 24.8 Å². The number of hydrogen-bond acceptors (Lipinski definition) is 7. The Balaban J connectivity index is 1.65. The van der Waals surface area contributed by atoms with E-state index in [4.69, 9.17) is 9.47 Å². The van der Waals surface area contributed by atoms with Crippen molar-refractivity contribution in [3.05, 3.63) is 100 Å². The quantitative estimate of drug-likeness (QED) is 0.181. The number of nitrogens with one attached hydrogen (secondary N) is 1. The van der Waals surface area contributed by atoms with E-state index in [0.29, 0.717) is 41.7 Å². The van der Waals surface area contributed by atoms with E-state index in [1.165, 1.54) is 23.0 Å². The zero-order valence-electron chi connectivity index (χ0n) is 24.6. The van der Waals surface area contributed by atoms with E-state index in [0.717, 1.165) is 10.7 Å². The van der Waals surface area contributed by atoms with Gasteiger partial charge in [0, 0.05) is 7.05 Å². The molecule has 0 spiro atoms. The SMILES string of the molecule is CCCOc1ccc(/C=N\NC(=O)CN(c2c(C)n(C)n(-c3ccccc3)c2=O)S(=O)(=O)c2ccccc2)cc1OCC. The zero-order chi connectivity index (χ0) is 31.0. The molecule has 11 nitrogen and oxygen atoms in total. The first-order valence-electron chi connectivity index (χ1n) is 13.8. The van der Waals surface area contributed by atoms with Gasteiger partial charge in [0.1, 0.15) is 12.2 Å². The van der Waals surface area contributed by atoms with Crippen LogP contribution in [0.25, 0.3) is 5.69 Å². The Labute approximate surface area is 251 Å². The summed E-state index contributed by atoms with van der Waals surface area (Å²) in [5.74, 6) is 0.407. The van der Waals surface area contributed by atoms with Gasteiger partial charge in [-0.1, -0.05) is 43.3 Å². The van der Waals surface area contributed by atoms with Crippen molar-refractivity contribution in [2.75, 3.05) is 24.1 Å². The van der Waals surface area contributed by atoms with Crippen LogP contribution >= 0.6 is 0 Å². The number of aromatic nitrogens is 2. The van der Waals surface area contributed by atoms with Gasteiger partial charge in [0.2, 0.25) is 0 Å². The van der Waals surface area contributed by atoms with Gasteiger partial charge in [-0.2, -0.15) is 5.10 Å². The molecule has 12 heteroatoms. The molecule has 0 aliphatic carbocycles. The van der Waals surface area contributed by atoms with Crippen molar-refractivity contribution >= 4 is 27.8 Å². The smallest absolute Gasteiger partial charge is 0.296 e. The van der Waals surface area contributed by atoms with E-state index in [1.54, 1.807) is 79.3 Å². The molecule has 0 saturated carbocycles. The average molecular weight is 606 g/mol. The van der Waals surface area contributed by atoms with Gasteiger partial charge in [-0.25, -0.2) is 22.8 Å². The summed E-state index contributed by atoms with van der Waals surface area (Å²) >= 11 is 0. The van der Waals surface area contributed by atoms with Crippen molar-refractivity contribution < 1.29 is 22.7 Å². The third-order valence-electron chi connectivity index (χ3n) is 6.52. The van der Waals surface area contributed by atoms with Crippen LogP contribution in [0.4, 0.5) is 5.69 Å². The maximum absolute atomic E-state index is 13.9. The molecule has 0 bridgehead atoms. The molecule has 43 heavy (non-hydrogen) atoms. The van der Waals surface area contributed by atoms with Gasteiger partial charge in [-0.3, -0.25) is 14.3 Å². The van der Waals surface area contributed by atoms with Crippen LogP contribution in [0.5, 0.6) is 11.5 Å². The largest absolute Gasteiger partial charge is 0.490 e. The second kappa shape index (κ2) is 13.9. The zero-order valence-corrected chi connectivity index (χ0v) is 25.4. The Kier molecular flexibility index (Phi) is 10.0. The maximum atomic E-state index is 13.9. The molecular weight excluding hydrogens is 570 g/mol. The van der Waals surface area contributed by atoms with Gasteiger partial charge in [0.25, 0.3) is 21.5 Å². The van der Waals surface area contributed by atoms with Crippen LogP contribution in [0.3, 0.4) is 0 Å². The summed E-state index contributed by atoms with van der Waals surface area (Å²) < 4.78 is 42.8. The number of hydrazone groups is 1. The summed E-state index contributed by atoms with van der Waals surface area (Å²) in [4.78, 5) is 26.8. The van der Waals surface area contributed by atoms with Gasteiger partial charge >= 0.3 is 0 Å². The first-order chi connectivity index (χ1) is 20.7. The van der Waals surface area contributed by atoms with Gasteiger partial charge in [-0.05, 0) is 68.3 Å². The standard InChI is InChI=1S/C31H35N5O6S/c1-5-19-42-27-18-17-24(20-28(27)41-6-2)21-32-33-29(37)22-35(43(39,40)26-15-11-8-12-16-26)30-23(3)34(4)36(31(30)38)25-13-9-7-10-14-25/h7-18,20-21H,5-6,19,22H2,1-4H3,(H,33,37)/b32-21-. The van der Waals surface area contributed by atoms with E-state index < -0.39 is 28.0 Å². The van der Waals surface area contributed by atoms with Gasteiger partial charge in [0.05, 0.1) is 35.7 Å². The lowest BCUT2D eigenvalue weighted by Gasteiger charge is -2.22. The number of rotatable bonds is 13. The summed E-state index contributed by atoms with van der Waals surface area (Å²) in [6.45, 7) is 5.80. The average Bonchev–Trinajstić information content (AvgIpc) is 3.23. The molecule has 0 fully saturated rings. The topological polar surface area (TPSA) is 124 Å². The van der Waals surface area contributed by atoms with Crippen molar-refractivity contribution in [3.63, 3.8) is 0 Å². The highest BCUT2D eigenvalue weighted by Gasteiger charge is 2.33. The monoisotopic (exact) mass is 605 g/mol. The Bertz CT molecular complexity index is 1750. The summed E-state index contributed by atoms with van der Waals surface area (Å²) in [6, 6.07) is 21.7. The van der Waals surface area contributed by atoms with Crippen molar-refractivity contribution in [2.45, 2.75) is 32.1 Å². The second-order valence-electron chi connectivity index (χ2n) is 9.52. The van der Waals surface area contributed by atoms with E-state index in [9.17, 15) is 18.0 Å². The number of amides is 1. The predicted molar refractivity (Wildman–Crippen MR) is 166 cm³/mol. The summed E-state index contributed by atoms with van der Waals surface area (Å²) in [5, 5.41) is 4.02. The molecule has 1 aromatic heterocycles. The number of carbonyl (C=O) groups is 1. The highest BCUT2D eigenvalue weighted by molar-refractivity contribution is 7.92. The normalized spacial score (nSPS) is 11.4. The maximum Gasteiger partial charge on any atom is 0.296 e. The molecular formula is C31H35N5O6S.